The molecule has 0 aliphatic carbocycles. The highest BCUT2D eigenvalue weighted by molar-refractivity contribution is 7.99. The molecule has 90 valence electrons. The molecule has 1 heterocycles. The maximum absolute atomic E-state index is 5.60. The van der Waals surface area contributed by atoms with Gasteiger partial charge in [-0.25, -0.2) is 0 Å². The van der Waals surface area contributed by atoms with Gasteiger partial charge in [-0.2, -0.15) is 15.0 Å². The fourth-order valence-corrected chi connectivity index (χ4v) is 1.74. The Kier molecular flexibility index (Phi) is 4.79. The molecule has 1 unspecified atom stereocenters. The molecule has 0 fully saturated rings. The van der Waals surface area contributed by atoms with E-state index in [2.05, 4.69) is 28.8 Å². The molecule has 0 bridgehead atoms. The number of hydrogen-bond acceptors (Lipinski definition) is 6. The number of nitrogens with two attached hydrogens (primary N) is 1. The van der Waals surface area contributed by atoms with E-state index in [0.717, 1.165) is 6.42 Å². The van der Waals surface area contributed by atoms with E-state index < -0.39 is 0 Å². The van der Waals surface area contributed by atoms with Crippen LogP contribution in [0.15, 0.2) is 5.16 Å². The van der Waals surface area contributed by atoms with E-state index in [1.165, 1.54) is 0 Å². The second-order valence-electron chi connectivity index (χ2n) is 3.76. The van der Waals surface area contributed by atoms with Crippen molar-refractivity contribution < 1.29 is 4.74 Å². The zero-order chi connectivity index (χ0) is 12.1. The van der Waals surface area contributed by atoms with Crippen molar-refractivity contribution in [1.82, 2.24) is 15.0 Å². The normalized spacial score (nSPS) is 12.8. The molecular weight excluding hydrogens is 224 g/mol. The molecule has 5 nitrogen and oxygen atoms in total. The third-order valence-electron chi connectivity index (χ3n) is 1.83. The lowest BCUT2D eigenvalue weighted by Gasteiger charge is -2.10. The van der Waals surface area contributed by atoms with Crippen LogP contribution in [0.5, 0.6) is 6.01 Å². The van der Waals surface area contributed by atoms with E-state index in [9.17, 15) is 0 Å². The Morgan fingerprint density at radius 2 is 1.94 bits per heavy atom. The maximum Gasteiger partial charge on any atom is 0.322 e. The van der Waals surface area contributed by atoms with Gasteiger partial charge in [0, 0.05) is 5.25 Å². The van der Waals surface area contributed by atoms with Gasteiger partial charge < -0.3 is 10.5 Å². The summed E-state index contributed by atoms with van der Waals surface area (Å²) >= 11 is 1.58. The van der Waals surface area contributed by atoms with Crippen LogP contribution in [0.4, 0.5) is 5.95 Å². The SMILES string of the molecule is CCC(C)Sc1nc(N)nc(OC(C)C)n1. The average molecular weight is 242 g/mol. The maximum atomic E-state index is 5.60. The molecule has 6 heteroatoms. The van der Waals surface area contributed by atoms with Crippen LogP contribution in [-0.2, 0) is 0 Å². The molecule has 0 saturated heterocycles. The van der Waals surface area contributed by atoms with Crippen LogP contribution in [0.3, 0.4) is 0 Å². The highest BCUT2D eigenvalue weighted by Gasteiger charge is 2.10. The molecule has 0 amide bonds. The number of rotatable bonds is 5. The summed E-state index contributed by atoms with van der Waals surface area (Å²) in [4.78, 5) is 12.2. The molecule has 1 aromatic heterocycles. The van der Waals surface area contributed by atoms with Crippen molar-refractivity contribution in [3.05, 3.63) is 0 Å². The van der Waals surface area contributed by atoms with Crippen LogP contribution >= 0.6 is 11.8 Å². The molecule has 0 aromatic carbocycles. The van der Waals surface area contributed by atoms with Gasteiger partial charge in [0.2, 0.25) is 5.95 Å². The first kappa shape index (κ1) is 13.0. The van der Waals surface area contributed by atoms with Gasteiger partial charge in [0.15, 0.2) is 5.16 Å². The minimum atomic E-state index is 0.0308. The van der Waals surface area contributed by atoms with Crippen molar-refractivity contribution in [2.24, 2.45) is 0 Å². The van der Waals surface area contributed by atoms with Crippen LogP contribution in [0.1, 0.15) is 34.1 Å². The average Bonchev–Trinajstić information content (AvgIpc) is 2.15. The van der Waals surface area contributed by atoms with Gasteiger partial charge in [0.25, 0.3) is 0 Å². The number of ether oxygens (including phenoxy) is 1. The van der Waals surface area contributed by atoms with Crippen molar-refractivity contribution in [3.8, 4) is 6.01 Å². The van der Waals surface area contributed by atoms with Crippen molar-refractivity contribution in [2.45, 2.75) is 50.6 Å². The summed E-state index contributed by atoms with van der Waals surface area (Å²) in [5.41, 5.74) is 5.60. The van der Waals surface area contributed by atoms with Gasteiger partial charge >= 0.3 is 6.01 Å². The predicted octanol–water partition coefficient (Wildman–Crippen LogP) is 2.13. The van der Waals surface area contributed by atoms with E-state index in [-0.39, 0.29) is 12.1 Å². The lowest BCUT2D eigenvalue weighted by molar-refractivity contribution is 0.219. The van der Waals surface area contributed by atoms with Crippen LogP contribution in [-0.4, -0.2) is 26.3 Å². The molecule has 1 atom stereocenters. The summed E-state index contributed by atoms with van der Waals surface area (Å²) in [7, 11) is 0. The Morgan fingerprint density at radius 1 is 1.25 bits per heavy atom. The van der Waals surface area contributed by atoms with Crippen molar-refractivity contribution >= 4 is 17.7 Å². The van der Waals surface area contributed by atoms with Crippen molar-refractivity contribution in [1.29, 1.82) is 0 Å². The minimum absolute atomic E-state index is 0.0308. The van der Waals surface area contributed by atoms with E-state index in [0.29, 0.717) is 16.4 Å². The zero-order valence-corrected chi connectivity index (χ0v) is 10.9. The molecule has 1 rings (SSSR count). The molecule has 2 N–H and O–H groups in total. The fraction of sp³-hybridized carbons (Fsp3) is 0.700. The first-order chi connectivity index (χ1) is 7.51. The summed E-state index contributed by atoms with van der Waals surface area (Å²) in [5.74, 6) is 0.205. The minimum Gasteiger partial charge on any atom is -0.461 e. The monoisotopic (exact) mass is 242 g/mol. The van der Waals surface area contributed by atoms with Gasteiger partial charge in [0.05, 0.1) is 6.10 Å². The molecule has 16 heavy (non-hydrogen) atoms. The zero-order valence-electron chi connectivity index (χ0n) is 10.1. The topological polar surface area (TPSA) is 73.9 Å². The smallest absolute Gasteiger partial charge is 0.322 e. The highest BCUT2D eigenvalue weighted by atomic mass is 32.2. The summed E-state index contributed by atoms with van der Waals surface area (Å²) in [6.07, 6.45) is 1.08. The van der Waals surface area contributed by atoms with Gasteiger partial charge in [-0.05, 0) is 20.3 Å². The highest BCUT2D eigenvalue weighted by Crippen LogP contribution is 2.23. The molecule has 1 aromatic rings. The quantitative estimate of drug-likeness (QED) is 0.797. The lowest BCUT2D eigenvalue weighted by atomic mass is 10.4. The number of aromatic nitrogens is 3. The molecule has 0 aliphatic rings. The first-order valence-electron chi connectivity index (χ1n) is 5.36. The van der Waals surface area contributed by atoms with Crippen LogP contribution < -0.4 is 10.5 Å². The van der Waals surface area contributed by atoms with Gasteiger partial charge in [-0.15, -0.1) is 0 Å². The van der Waals surface area contributed by atoms with Crippen LogP contribution in [0, 0.1) is 0 Å². The molecule has 0 spiro atoms. The van der Waals surface area contributed by atoms with Crippen LogP contribution in [0.25, 0.3) is 0 Å². The second kappa shape index (κ2) is 5.89. The summed E-state index contributed by atoms with van der Waals surface area (Å²) < 4.78 is 5.40. The Morgan fingerprint density at radius 3 is 2.50 bits per heavy atom. The standard InChI is InChI=1S/C10H18N4OS/c1-5-7(4)16-10-13-8(11)12-9(14-10)15-6(2)3/h6-7H,5H2,1-4H3,(H2,11,12,13,14). The van der Waals surface area contributed by atoms with E-state index >= 15 is 0 Å². The molecular formula is C10H18N4OS. The Hall–Kier alpha value is -1.04. The Labute approximate surface area is 100 Å². The summed E-state index contributed by atoms with van der Waals surface area (Å²) in [6, 6.07) is 0.299. The van der Waals surface area contributed by atoms with Crippen LogP contribution in [0.2, 0.25) is 0 Å². The largest absolute Gasteiger partial charge is 0.461 e. The van der Waals surface area contributed by atoms with E-state index in [4.69, 9.17) is 10.5 Å². The number of nitrogens with zero attached hydrogens (tertiary/aromatic N) is 3. The van der Waals surface area contributed by atoms with Gasteiger partial charge in [0.1, 0.15) is 0 Å². The predicted molar refractivity (Wildman–Crippen MR) is 65.6 cm³/mol. The molecule has 0 aliphatic heterocycles. The van der Waals surface area contributed by atoms with E-state index in [1.54, 1.807) is 11.8 Å². The van der Waals surface area contributed by atoms with E-state index in [1.807, 2.05) is 13.8 Å². The summed E-state index contributed by atoms with van der Waals surface area (Å²) in [5, 5.41) is 1.08. The Balaban J connectivity index is 2.81. The second-order valence-corrected chi connectivity index (χ2v) is 5.17. The first-order valence-corrected chi connectivity index (χ1v) is 6.24. The van der Waals surface area contributed by atoms with Gasteiger partial charge in [-0.3, -0.25) is 0 Å². The fourth-order valence-electron chi connectivity index (χ4n) is 0.932. The number of thioether (sulfide) groups is 1. The third kappa shape index (κ3) is 4.22. The number of hydrogen-bond donors (Lipinski definition) is 1. The summed E-state index contributed by atoms with van der Waals surface area (Å²) in [6.45, 7) is 8.07. The lowest BCUT2D eigenvalue weighted by Crippen LogP contribution is -2.11. The number of nitrogen functional groups attached to an aromatic ring is 1. The third-order valence-corrected chi connectivity index (χ3v) is 2.96. The number of anilines is 1. The van der Waals surface area contributed by atoms with Crippen molar-refractivity contribution in [2.75, 3.05) is 5.73 Å². The molecule has 0 radical (unpaired) electrons. The molecule has 0 saturated carbocycles. The van der Waals surface area contributed by atoms with Crippen molar-refractivity contribution in [3.63, 3.8) is 0 Å². The Bertz CT molecular complexity index is 346. The van der Waals surface area contributed by atoms with Gasteiger partial charge in [-0.1, -0.05) is 25.6 Å².